The molecular weight excluding hydrogens is 367 g/mol. The summed E-state index contributed by atoms with van der Waals surface area (Å²) in [5.74, 6) is -1.02. The van der Waals surface area contributed by atoms with Gasteiger partial charge < -0.3 is 5.32 Å². The minimum Gasteiger partial charge on any atom is -0.349 e. The van der Waals surface area contributed by atoms with E-state index >= 15 is 0 Å². The van der Waals surface area contributed by atoms with E-state index in [1.807, 2.05) is 44.2 Å². The fourth-order valence-electron chi connectivity index (χ4n) is 3.01. The Bertz CT molecular complexity index is 898. The van der Waals surface area contributed by atoms with E-state index in [4.69, 9.17) is 0 Å². The third kappa shape index (κ3) is 5.79. The standard InChI is InChI=1S/C20H25FN2O3S/c1-15(23(27(4,25)26)18-12-8-11-17(21)13-18)19(24)22-20(2,3)14-16-9-6-5-7-10-16/h5-13,15H,14H2,1-4H3,(H,22,24). The zero-order valence-electron chi connectivity index (χ0n) is 15.9. The molecule has 0 heterocycles. The Balaban J connectivity index is 2.22. The quantitative estimate of drug-likeness (QED) is 0.787. The number of hydrogen-bond acceptors (Lipinski definition) is 3. The van der Waals surface area contributed by atoms with Crippen LogP contribution < -0.4 is 9.62 Å². The van der Waals surface area contributed by atoms with Gasteiger partial charge in [0.05, 0.1) is 11.9 Å². The van der Waals surface area contributed by atoms with Gasteiger partial charge in [0.2, 0.25) is 15.9 Å². The Morgan fingerprint density at radius 3 is 2.33 bits per heavy atom. The molecule has 1 atom stereocenters. The van der Waals surface area contributed by atoms with Gasteiger partial charge in [0, 0.05) is 5.54 Å². The van der Waals surface area contributed by atoms with Crippen molar-refractivity contribution in [2.45, 2.75) is 38.8 Å². The number of carbonyl (C=O) groups is 1. The molecule has 2 rings (SSSR count). The highest BCUT2D eigenvalue weighted by Gasteiger charge is 2.32. The molecule has 1 amide bonds. The number of sulfonamides is 1. The van der Waals surface area contributed by atoms with E-state index in [0.29, 0.717) is 6.42 Å². The summed E-state index contributed by atoms with van der Waals surface area (Å²) in [5.41, 5.74) is 0.583. The highest BCUT2D eigenvalue weighted by atomic mass is 32.2. The van der Waals surface area contributed by atoms with Gasteiger partial charge in [-0.1, -0.05) is 36.4 Å². The van der Waals surface area contributed by atoms with Gasteiger partial charge >= 0.3 is 0 Å². The van der Waals surface area contributed by atoms with Gasteiger partial charge in [-0.3, -0.25) is 9.10 Å². The van der Waals surface area contributed by atoms with Crippen LogP contribution in [0.3, 0.4) is 0 Å². The summed E-state index contributed by atoms with van der Waals surface area (Å²) in [7, 11) is -3.79. The van der Waals surface area contributed by atoms with E-state index in [9.17, 15) is 17.6 Å². The number of halogens is 1. The average Bonchev–Trinajstić information content (AvgIpc) is 2.53. The van der Waals surface area contributed by atoms with Crippen LogP contribution in [-0.4, -0.2) is 32.2 Å². The lowest BCUT2D eigenvalue weighted by atomic mass is 9.94. The molecule has 0 aliphatic heterocycles. The zero-order valence-corrected chi connectivity index (χ0v) is 16.8. The Kier molecular flexibility index (Phi) is 6.26. The summed E-state index contributed by atoms with van der Waals surface area (Å²) in [6.45, 7) is 5.23. The van der Waals surface area contributed by atoms with Crippen LogP contribution in [0.15, 0.2) is 54.6 Å². The molecule has 0 aromatic heterocycles. The number of carbonyl (C=O) groups excluding carboxylic acids is 1. The molecule has 146 valence electrons. The number of nitrogens with zero attached hydrogens (tertiary/aromatic N) is 1. The monoisotopic (exact) mass is 392 g/mol. The summed E-state index contributed by atoms with van der Waals surface area (Å²) in [6.07, 6.45) is 1.59. The molecule has 7 heteroatoms. The first-order valence-electron chi connectivity index (χ1n) is 8.60. The molecule has 2 aromatic carbocycles. The van der Waals surface area contributed by atoms with E-state index in [0.717, 1.165) is 22.2 Å². The second kappa shape index (κ2) is 8.08. The topological polar surface area (TPSA) is 66.5 Å². The van der Waals surface area contributed by atoms with Crippen LogP contribution in [0, 0.1) is 5.82 Å². The zero-order chi connectivity index (χ0) is 20.2. The highest BCUT2D eigenvalue weighted by Crippen LogP contribution is 2.22. The van der Waals surface area contributed by atoms with Crippen LogP contribution in [0.4, 0.5) is 10.1 Å². The second-order valence-corrected chi connectivity index (χ2v) is 9.11. The van der Waals surface area contributed by atoms with Crippen molar-refractivity contribution in [3.05, 3.63) is 66.0 Å². The van der Waals surface area contributed by atoms with Gasteiger partial charge in [-0.25, -0.2) is 12.8 Å². The SMILES string of the molecule is CC(C(=O)NC(C)(C)Cc1ccccc1)N(c1cccc(F)c1)S(C)(=O)=O. The molecular formula is C20H25FN2O3S. The lowest BCUT2D eigenvalue weighted by Gasteiger charge is -2.32. The average molecular weight is 392 g/mol. The molecule has 0 saturated heterocycles. The summed E-state index contributed by atoms with van der Waals surface area (Å²) >= 11 is 0. The third-order valence-corrected chi connectivity index (χ3v) is 5.34. The van der Waals surface area contributed by atoms with Crippen molar-refractivity contribution in [1.82, 2.24) is 5.32 Å². The molecule has 5 nitrogen and oxygen atoms in total. The summed E-state index contributed by atoms with van der Waals surface area (Å²) < 4.78 is 39.0. The number of hydrogen-bond donors (Lipinski definition) is 1. The molecule has 27 heavy (non-hydrogen) atoms. The molecule has 1 N–H and O–H groups in total. The minimum atomic E-state index is -3.79. The Morgan fingerprint density at radius 1 is 1.15 bits per heavy atom. The van der Waals surface area contributed by atoms with Crippen LogP contribution in [-0.2, 0) is 21.2 Å². The summed E-state index contributed by atoms with van der Waals surface area (Å²) in [5, 5.41) is 2.90. The molecule has 0 aliphatic carbocycles. The van der Waals surface area contributed by atoms with E-state index in [-0.39, 0.29) is 5.69 Å². The summed E-state index contributed by atoms with van der Waals surface area (Å²) in [6, 6.07) is 13.8. The predicted octanol–water partition coefficient (Wildman–Crippen LogP) is 3.12. The molecule has 1 unspecified atom stereocenters. The van der Waals surface area contributed by atoms with Gasteiger partial charge in [-0.2, -0.15) is 0 Å². The normalized spacial score (nSPS) is 13.1. The van der Waals surface area contributed by atoms with E-state index < -0.39 is 33.3 Å². The smallest absolute Gasteiger partial charge is 0.244 e. The fourth-order valence-corrected chi connectivity index (χ4v) is 4.18. The van der Waals surface area contributed by atoms with E-state index in [2.05, 4.69) is 5.32 Å². The second-order valence-electron chi connectivity index (χ2n) is 7.25. The van der Waals surface area contributed by atoms with Gasteiger partial charge in [-0.15, -0.1) is 0 Å². The van der Waals surface area contributed by atoms with Crippen LogP contribution in [0.2, 0.25) is 0 Å². The third-order valence-electron chi connectivity index (χ3n) is 4.10. The van der Waals surface area contributed by atoms with Crippen molar-refractivity contribution >= 4 is 21.6 Å². The maximum Gasteiger partial charge on any atom is 0.244 e. The molecule has 0 aliphatic rings. The fraction of sp³-hybridized carbons (Fsp3) is 0.350. The molecule has 0 bridgehead atoms. The first-order valence-corrected chi connectivity index (χ1v) is 10.5. The highest BCUT2D eigenvalue weighted by molar-refractivity contribution is 7.92. The Hall–Kier alpha value is -2.41. The van der Waals surface area contributed by atoms with Crippen molar-refractivity contribution in [3.63, 3.8) is 0 Å². The minimum absolute atomic E-state index is 0.112. The maximum absolute atomic E-state index is 13.6. The van der Waals surface area contributed by atoms with Gasteiger partial charge in [0.1, 0.15) is 11.9 Å². The first kappa shape index (κ1) is 20.9. The summed E-state index contributed by atoms with van der Waals surface area (Å²) in [4.78, 5) is 12.8. The Labute approximate surface area is 160 Å². The molecule has 0 saturated carbocycles. The molecule has 2 aromatic rings. The van der Waals surface area contributed by atoms with Crippen LogP contribution in [0.5, 0.6) is 0 Å². The van der Waals surface area contributed by atoms with Crippen LogP contribution in [0.25, 0.3) is 0 Å². The number of benzene rings is 2. The number of nitrogens with one attached hydrogen (secondary N) is 1. The van der Waals surface area contributed by atoms with Gasteiger partial charge in [-0.05, 0) is 51.0 Å². The lowest BCUT2D eigenvalue weighted by molar-refractivity contribution is -0.123. The number of rotatable bonds is 7. The molecule has 0 radical (unpaired) electrons. The van der Waals surface area contributed by atoms with Gasteiger partial charge in [0.15, 0.2) is 0 Å². The van der Waals surface area contributed by atoms with E-state index in [1.54, 1.807) is 0 Å². The lowest BCUT2D eigenvalue weighted by Crippen LogP contribution is -2.54. The maximum atomic E-state index is 13.6. The Morgan fingerprint density at radius 2 is 1.78 bits per heavy atom. The van der Waals surface area contributed by atoms with Crippen molar-refractivity contribution in [1.29, 1.82) is 0 Å². The van der Waals surface area contributed by atoms with Gasteiger partial charge in [0.25, 0.3) is 0 Å². The van der Waals surface area contributed by atoms with E-state index in [1.165, 1.54) is 25.1 Å². The van der Waals surface area contributed by atoms with Crippen molar-refractivity contribution in [2.24, 2.45) is 0 Å². The van der Waals surface area contributed by atoms with Crippen molar-refractivity contribution in [3.8, 4) is 0 Å². The number of anilines is 1. The van der Waals surface area contributed by atoms with Crippen molar-refractivity contribution < 1.29 is 17.6 Å². The van der Waals surface area contributed by atoms with Crippen molar-refractivity contribution in [2.75, 3.05) is 10.6 Å². The largest absolute Gasteiger partial charge is 0.349 e. The predicted molar refractivity (Wildman–Crippen MR) is 106 cm³/mol. The molecule has 0 fully saturated rings. The van der Waals surface area contributed by atoms with Crippen LogP contribution in [0.1, 0.15) is 26.3 Å². The number of amides is 1. The molecule has 0 spiro atoms. The first-order chi connectivity index (χ1) is 12.5. The van der Waals surface area contributed by atoms with Crippen LogP contribution >= 0.6 is 0 Å².